The highest BCUT2D eigenvalue weighted by Gasteiger charge is 2.07. The first-order chi connectivity index (χ1) is 12.4. The van der Waals surface area contributed by atoms with E-state index in [1.54, 1.807) is 19.1 Å². The highest BCUT2D eigenvalue weighted by atomic mass is 16.1. The molecule has 0 saturated heterocycles. The van der Waals surface area contributed by atoms with Crippen LogP contribution in [0, 0.1) is 20.8 Å². The molecule has 0 unspecified atom stereocenters. The van der Waals surface area contributed by atoms with E-state index in [1.807, 2.05) is 18.2 Å². The van der Waals surface area contributed by atoms with E-state index >= 15 is 0 Å². The third kappa shape index (κ3) is 4.06. The molecule has 0 spiro atoms. The molecule has 0 aliphatic carbocycles. The molecule has 1 heterocycles. The number of nitrogens with one attached hydrogen (secondary N) is 2. The van der Waals surface area contributed by atoms with Crippen molar-refractivity contribution >= 4 is 28.8 Å². The average molecular weight is 346 g/mol. The summed E-state index contributed by atoms with van der Waals surface area (Å²) in [6.45, 7) is 7.81. The van der Waals surface area contributed by atoms with Crippen molar-refractivity contribution in [3.8, 4) is 0 Å². The number of aromatic nitrogens is 2. The number of hydrogen-bond donors (Lipinski definition) is 2. The zero-order valence-electron chi connectivity index (χ0n) is 15.4. The van der Waals surface area contributed by atoms with Gasteiger partial charge in [0.2, 0.25) is 0 Å². The van der Waals surface area contributed by atoms with E-state index in [2.05, 4.69) is 53.5 Å². The highest BCUT2D eigenvalue weighted by molar-refractivity contribution is 5.94. The monoisotopic (exact) mass is 346 g/mol. The van der Waals surface area contributed by atoms with Crippen LogP contribution in [0.1, 0.15) is 34.0 Å². The standard InChI is InChI=1S/C21H22N4O/c1-13-9-14(2)21(15(3)10-13)25-20-11-19(22-12-23-20)24-18-7-5-17(6-8-18)16(4)26/h5-12H,1-4H3,(H2,22,23,24,25). The first kappa shape index (κ1) is 17.6. The number of carbonyl (C=O) groups excluding carboxylic acids is 1. The molecular formula is C21H22N4O. The number of Topliss-reactive ketones (excluding diaryl/α,β-unsaturated/α-hetero) is 1. The van der Waals surface area contributed by atoms with E-state index in [4.69, 9.17) is 0 Å². The molecule has 2 N–H and O–H groups in total. The lowest BCUT2D eigenvalue weighted by molar-refractivity contribution is 0.101. The molecule has 0 saturated carbocycles. The van der Waals surface area contributed by atoms with Crippen LogP contribution in [0.5, 0.6) is 0 Å². The molecule has 0 aliphatic heterocycles. The summed E-state index contributed by atoms with van der Waals surface area (Å²) in [5.74, 6) is 1.45. The van der Waals surface area contributed by atoms with Crippen LogP contribution in [0.3, 0.4) is 0 Å². The van der Waals surface area contributed by atoms with Crippen molar-refractivity contribution < 1.29 is 4.79 Å². The Kier molecular flexibility index (Phi) is 4.98. The van der Waals surface area contributed by atoms with Crippen molar-refractivity contribution in [3.05, 3.63) is 71.0 Å². The van der Waals surface area contributed by atoms with Crippen molar-refractivity contribution in [1.29, 1.82) is 0 Å². The van der Waals surface area contributed by atoms with Crippen LogP contribution in [0.25, 0.3) is 0 Å². The van der Waals surface area contributed by atoms with Crippen LogP contribution in [0.15, 0.2) is 48.8 Å². The van der Waals surface area contributed by atoms with E-state index in [1.165, 1.54) is 23.0 Å². The summed E-state index contributed by atoms with van der Waals surface area (Å²) in [6.07, 6.45) is 1.52. The van der Waals surface area contributed by atoms with Crippen molar-refractivity contribution in [2.75, 3.05) is 10.6 Å². The predicted molar refractivity (Wildman–Crippen MR) is 106 cm³/mol. The third-order valence-electron chi connectivity index (χ3n) is 4.16. The van der Waals surface area contributed by atoms with Crippen LogP contribution in [-0.2, 0) is 0 Å². The van der Waals surface area contributed by atoms with Gasteiger partial charge in [-0.3, -0.25) is 4.79 Å². The molecule has 0 aliphatic rings. The molecule has 5 nitrogen and oxygen atoms in total. The van der Waals surface area contributed by atoms with Gasteiger partial charge in [-0.2, -0.15) is 0 Å². The number of benzene rings is 2. The summed E-state index contributed by atoms with van der Waals surface area (Å²) in [5.41, 5.74) is 6.20. The summed E-state index contributed by atoms with van der Waals surface area (Å²) >= 11 is 0. The van der Waals surface area contributed by atoms with E-state index < -0.39 is 0 Å². The fourth-order valence-corrected chi connectivity index (χ4v) is 2.94. The van der Waals surface area contributed by atoms with Gasteiger partial charge in [0, 0.05) is 23.0 Å². The minimum Gasteiger partial charge on any atom is -0.340 e. The van der Waals surface area contributed by atoms with Gasteiger partial charge in [-0.25, -0.2) is 9.97 Å². The number of rotatable bonds is 5. The second-order valence-corrected chi connectivity index (χ2v) is 6.45. The Labute approximate surface area is 153 Å². The quantitative estimate of drug-likeness (QED) is 0.630. The van der Waals surface area contributed by atoms with Gasteiger partial charge in [0.1, 0.15) is 18.0 Å². The maximum atomic E-state index is 11.4. The van der Waals surface area contributed by atoms with Gasteiger partial charge in [0.15, 0.2) is 5.78 Å². The smallest absolute Gasteiger partial charge is 0.159 e. The van der Waals surface area contributed by atoms with Crippen molar-refractivity contribution in [2.45, 2.75) is 27.7 Å². The van der Waals surface area contributed by atoms with Gasteiger partial charge in [0.05, 0.1) is 0 Å². The minimum absolute atomic E-state index is 0.0499. The number of carbonyl (C=O) groups is 1. The Morgan fingerprint density at radius 3 is 2.00 bits per heavy atom. The SMILES string of the molecule is CC(=O)c1ccc(Nc2cc(Nc3c(C)cc(C)cc3C)ncn2)cc1. The van der Waals surface area contributed by atoms with Crippen molar-refractivity contribution in [1.82, 2.24) is 9.97 Å². The Morgan fingerprint density at radius 2 is 1.42 bits per heavy atom. The van der Waals surface area contributed by atoms with E-state index in [0.717, 1.165) is 17.2 Å². The topological polar surface area (TPSA) is 66.9 Å². The fourth-order valence-electron chi connectivity index (χ4n) is 2.94. The molecule has 5 heteroatoms. The first-order valence-corrected chi connectivity index (χ1v) is 8.47. The summed E-state index contributed by atoms with van der Waals surface area (Å²) < 4.78 is 0. The summed E-state index contributed by atoms with van der Waals surface area (Å²) in [4.78, 5) is 19.9. The fraction of sp³-hybridized carbons (Fsp3) is 0.190. The van der Waals surface area contributed by atoms with Crippen LogP contribution >= 0.6 is 0 Å². The van der Waals surface area contributed by atoms with E-state index in [0.29, 0.717) is 11.4 Å². The van der Waals surface area contributed by atoms with Gasteiger partial charge >= 0.3 is 0 Å². The number of hydrogen-bond acceptors (Lipinski definition) is 5. The summed E-state index contributed by atoms with van der Waals surface area (Å²) in [6, 6.07) is 13.5. The van der Waals surface area contributed by atoms with Crippen LogP contribution in [0.4, 0.5) is 23.0 Å². The lowest BCUT2D eigenvalue weighted by atomic mass is 10.1. The lowest BCUT2D eigenvalue weighted by Crippen LogP contribution is -2.01. The first-order valence-electron chi connectivity index (χ1n) is 8.47. The van der Waals surface area contributed by atoms with Crippen LogP contribution < -0.4 is 10.6 Å². The highest BCUT2D eigenvalue weighted by Crippen LogP contribution is 2.26. The van der Waals surface area contributed by atoms with Gasteiger partial charge < -0.3 is 10.6 Å². The zero-order chi connectivity index (χ0) is 18.7. The maximum absolute atomic E-state index is 11.4. The molecule has 132 valence electrons. The van der Waals surface area contributed by atoms with Crippen molar-refractivity contribution in [3.63, 3.8) is 0 Å². The molecule has 3 rings (SSSR count). The molecule has 0 fully saturated rings. The van der Waals surface area contributed by atoms with Crippen LogP contribution in [-0.4, -0.2) is 15.8 Å². The predicted octanol–water partition coefficient (Wildman–Crippen LogP) is 5.09. The van der Waals surface area contributed by atoms with Gasteiger partial charge in [-0.05, 0) is 63.1 Å². The third-order valence-corrected chi connectivity index (χ3v) is 4.16. The second-order valence-electron chi connectivity index (χ2n) is 6.45. The lowest BCUT2D eigenvalue weighted by Gasteiger charge is -2.14. The number of ketones is 1. The minimum atomic E-state index is 0.0499. The Bertz CT molecular complexity index is 925. The maximum Gasteiger partial charge on any atom is 0.159 e. The van der Waals surface area contributed by atoms with Crippen LogP contribution in [0.2, 0.25) is 0 Å². The molecular weight excluding hydrogens is 324 g/mol. The summed E-state index contributed by atoms with van der Waals surface area (Å²) in [7, 11) is 0. The van der Waals surface area contributed by atoms with E-state index in [9.17, 15) is 4.79 Å². The molecule has 3 aromatic rings. The normalized spacial score (nSPS) is 10.5. The zero-order valence-corrected chi connectivity index (χ0v) is 15.4. The van der Waals surface area contributed by atoms with Gasteiger partial charge in [-0.15, -0.1) is 0 Å². The molecule has 0 bridgehead atoms. The molecule has 0 radical (unpaired) electrons. The molecule has 0 atom stereocenters. The van der Waals surface area contributed by atoms with Crippen molar-refractivity contribution in [2.24, 2.45) is 0 Å². The molecule has 0 amide bonds. The number of nitrogens with zero attached hydrogens (tertiary/aromatic N) is 2. The Balaban J connectivity index is 1.79. The Hall–Kier alpha value is -3.21. The number of aryl methyl sites for hydroxylation is 3. The Morgan fingerprint density at radius 1 is 0.846 bits per heavy atom. The van der Waals surface area contributed by atoms with Gasteiger partial charge in [-0.1, -0.05) is 17.7 Å². The molecule has 26 heavy (non-hydrogen) atoms. The summed E-state index contributed by atoms with van der Waals surface area (Å²) in [5, 5.41) is 6.61. The van der Waals surface area contributed by atoms with Gasteiger partial charge in [0.25, 0.3) is 0 Å². The average Bonchev–Trinajstić information content (AvgIpc) is 2.59. The largest absolute Gasteiger partial charge is 0.340 e. The molecule has 2 aromatic carbocycles. The molecule has 1 aromatic heterocycles. The van der Waals surface area contributed by atoms with E-state index in [-0.39, 0.29) is 5.78 Å². The second kappa shape index (κ2) is 7.35. The number of anilines is 4.